The number of aryl methyl sites for hydroxylation is 3. The van der Waals surface area contributed by atoms with Gasteiger partial charge in [-0.3, -0.25) is 19.9 Å². The monoisotopic (exact) mass is 2010 g/mol. The summed E-state index contributed by atoms with van der Waals surface area (Å²) in [4.78, 5) is 54.2. The smallest absolute Gasteiger partial charge is 0.270 e. The van der Waals surface area contributed by atoms with Crippen LogP contribution in [-0.4, -0.2) is 100 Å². The number of rotatable bonds is 29. The number of halogens is 11. The van der Waals surface area contributed by atoms with Crippen LogP contribution in [0.5, 0.6) is 98.8 Å². The molecule has 0 aliphatic carbocycles. The van der Waals surface area contributed by atoms with Gasteiger partial charge in [0.2, 0.25) is 47.0 Å². The lowest BCUT2D eigenvalue weighted by Crippen LogP contribution is -2.07. The van der Waals surface area contributed by atoms with E-state index in [2.05, 4.69) is 71.7 Å². The molecule has 750 valence electrons. The Bertz CT molecular complexity index is 7220. The standard InChI is InChI=1S/C19H15F3N2O.3C19H16F2N2O2.C18H14F2N2O2.C18H17N3O2/c1-12-7-9-23-11-15(12)14-4-3-8-24-18(14)25-17-6-5-13(10-16(17)20)19(2,21)22;1-19(20,21)13-7-9-14(10-8-13)25-18-16(6-4-12-23-18)15-5-3-11-22-17(15)24-2;1-19(20,21)13-5-7-14(8-6-13)25-18-15(4-3-10-23-18)16-12-22-11-9-17(16)24-2;1-12-10-13(5-6-14(12)18(20)21)25-19-15(4-3-8-23-19)16-11-22-9-7-17(16)24-2;1-23-16-8-10-21-11-15(16)14-3-2-9-22-18(14)24-13-6-4-12(5-7-13)17(19)20;1-3-13-6-8-14(9-7-13)23-18-15(5-4-10-20-18)16-11-19-12-21-17(16)22-2/h3-11H,1-2H3;2*3-12H,1-2H3;3-11,18H,1-2H3;2-11,17H,1H3;4-12H,3H2,1-2H3. The number of ether oxygens (including phenoxy) is 11. The molecule has 18 aromatic rings. The molecule has 18 rings (SSSR count). The Morgan fingerprint density at radius 1 is 0.265 bits per heavy atom. The molecule has 24 nitrogen and oxygen atoms in total. The van der Waals surface area contributed by atoms with Crippen molar-refractivity contribution in [1.29, 1.82) is 0 Å². The maximum Gasteiger partial charge on any atom is 0.270 e. The van der Waals surface area contributed by atoms with Crippen LogP contribution < -0.4 is 52.1 Å². The van der Waals surface area contributed by atoms with Crippen LogP contribution in [0.25, 0.3) is 66.8 Å². The molecular weight excluding hydrogens is 1910 g/mol. The maximum atomic E-state index is 14.2. The van der Waals surface area contributed by atoms with E-state index in [1.807, 2.05) is 79.7 Å². The van der Waals surface area contributed by atoms with Crippen LogP contribution in [0.15, 0.2) is 348 Å². The van der Waals surface area contributed by atoms with E-state index in [9.17, 15) is 48.3 Å². The van der Waals surface area contributed by atoms with Crippen LogP contribution in [-0.2, 0) is 24.2 Å². The van der Waals surface area contributed by atoms with Gasteiger partial charge in [-0.1, -0.05) is 19.1 Å². The van der Waals surface area contributed by atoms with E-state index in [0.717, 1.165) is 82.7 Å². The van der Waals surface area contributed by atoms with E-state index in [4.69, 9.17) is 52.1 Å². The Morgan fingerprint density at radius 2 is 0.578 bits per heavy atom. The second kappa shape index (κ2) is 50.7. The summed E-state index contributed by atoms with van der Waals surface area (Å²) in [5, 5.41) is 0. The Balaban J connectivity index is 0.000000147. The molecule has 0 aliphatic heterocycles. The minimum atomic E-state index is -3.12. The van der Waals surface area contributed by atoms with Gasteiger partial charge in [-0.15, -0.1) is 0 Å². The summed E-state index contributed by atoms with van der Waals surface area (Å²) in [6, 6.07) is 64.8. The first-order chi connectivity index (χ1) is 70.9. The lowest BCUT2D eigenvalue weighted by Gasteiger charge is -2.14. The predicted octanol–water partition coefficient (Wildman–Crippen LogP) is 29.6. The number of hydrogen-bond acceptors (Lipinski definition) is 24. The second-order valence-corrected chi connectivity index (χ2v) is 31.7. The number of nitrogens with zero attached hydrogens (tertiary/aromatic N) is 13. The molecule has 0 amide bonds. The van der Waals surface area contributed by atoms with Crippen molar-refractivity contribution in [2.75, 3.05) is 35.5 Å². The predicted molar refractivity (Wildman–Crippen MR) is 532 cm³/mol. The van der Waals surface area contributed by atoms with Crippen molar-refractivity contribution in [2.24, 2.45) is 0 Å². The molecule has 0 fully saturated rings. The van der Waals surface area contributed by atoms with Gasteiger partial charge in [0.05, 0.1) is 46.7 Å². The minimum Gasteiger partial charge on any atom is -0.496 e. The van der Waals surface area contributed by atoms with Crippen LogP contribution in [0.2, 0.25) is 0 Å². The van der Waals surface area contributed by atoms with Crippen molar-refractivity contribution in [3.8, 4) is 166 Å². The lowest BCUT2D eigenvalue weighted by molar-refractivity contribution is 0.0165. The quantitative estimate of drug-likeness (QED) is 0.0394. The number of hydrogen-bond donors (Lipinski definition) is 0. The zero-order valence-electron chi connectivity index (χ0n) is 80.7. The van der Waals surface area contributed by atoms with Gasteiger partial charge in [0.15, 0.2) is 11.6 Å². The van der Waals surface area contributed by atoms with Gasteiger partial charge in [-0.2, -0.15) is 0 Å². The Kier molecular flexibility index (Phi) is 36.7. The third-order valence-electron chi connectivity index (χ3n) is 21.6. The normalized spacial score (nSPS) is 10.9. The molecule has 12 heterocycles. The Hall–Kier alpha value is -17.9. The topological polar surface area (TPSA) is 269 Å². The summed E-state index contributed by atoms with van der Waals surface area (Å²) in [6.07, 6.45) is 23.5. The van der Waals surface area contributed by atoms with Crippen molar-refractivity contribution in [1.82, 2.24) is 64.8 Å². The molecule has 6 aromatic carbocycles. The molecule has 35 heteroatoms. The molecule has 12 aromatic heterocycles. The highest BCUT2D eigenvalue weighted by molar-refractivity contribution is 5.78. The average molecular weight is 2010 g/mol. The highest BCUT2D eigenvalue weighted by Crippen LogP contribution is 2.45. The molecule has 0 saturated carbocycles. The summed E-state index contributed by atoms with van der Waals surface area (Å²) >= 11 is 0. The maximum absolute atomic E-state index is 14.2. The van der Waals surface area contributed by atoms with Crippen LogP contribution in [0.4, 0.5) is 48.3 Å². The molecule has 147 heavy (non-hydrogen) atoms. The number of pyridine rings is 11. The molecule has 0 unspecified atom stereocenters. The molecule has 0 aliphatic rings. The van der Waals surface area contributed by atoms with E-state index in [-0.39, 0.29) is 33.9 Å². The molecule has 0 radical (unpaired) electrons. The molecule has 0 saturated heterocycles. The number of aromatic nitrogens is 13. The summed E-state index contributed by atoms with van der Waals surface area (Å²) in [5.41, 5.74) is 10.7. The van der Waals surface area contributed by atoms with Crippen molar-refractivity contribution < 1.29 is 100 Å². The Labute approximate surface area is 839 Å². The van der Waals surface area contributed by atoms with Crippen molar-refractivity contribution in [3.63, 3.8) is 0 Å². The molecule has 0 bridgehead atoms. The van der Waals surface area contributed by atoms with Crippen LogP contribution in [0.1, 0.15) is 85.1 Å². The zero-order chi connectivity index (χ0) is 105. The van der Waals surface area contributed by atoms with E-state index >= 15 is 0 Å². The molecule has 0 N–H and O–H groups in total. The fraction of sp³-hybridized carbons (Fsp3) is 0.152. The van der Waals surface area contributed by atoms with Gasteiger partial charge in [0.1, 0.15) is 52.3 Å². The van der Waals surface area contributed by atoms with Crippen molar-refractivity contribution in [3.05, 3.63) is 398 Å². The first-order valence-corrected chi connectivity index (χ1v) is 44.9. The third kappa shape index (κ3) is 28.8. The van der Waals surface area contributed by atoms with Crippen LogP contribution >= 0.6 is 0 Å². The lowest BCUT2D eigenvalue weighted by atomic mass is 10.0. The first-order valence-electron chi connectivity index (χ1n) is 44.9. The number of methoxy groups -OCH3 is 5. The SMILES string of the molecule is CCc1ccc(Oc2ncccc2-c2cncnc2OC)cc1.COc1ccncc1-c1cccnc1Oc1ccc(C(C)(F)F)cc1.COc1ccncc1-c1cccnc1Oc1ccc(C(F)F)c(C)c1.COc1ccncc1-c1cccnc1Oc1ccc(C(F)F)cc1.COc1ncccc1-c1cccnc1Oc1ccc(C(C)(F)F)cc1.Cc1ccncc1-c1cccnc1Oc1ccc(C(C)(F)F)cc1F. The summed E-state index contributed by atoms with van der Waals surface area (Å²) in [6.45, 7) is 8.08. The van der Waals surface area contributed by atoms with E-state index in [1.165, 1.54) is 116 Å². The molecular formula is C112H94F11N13O11. The van der Waals surface area contributed by atoms with Crippen molar-refractivity contribution in [2.45, 2.75) is 78.6 Å². The highest BCUT2D eigenvalue weighted by Gasteiger charge is 2.30. The zero-order valence-corrected chi connectivity index (χ0v) is 80.7. The van der Waals surface area contributed by atoms with E-state index in [1.54, 1.807) is 195 Å². The highest BCUT2D eigenvalue weighted by atomic mass is 19.3. The van der Waals surface area contributed by atoms with E-state index in [0.29, 0.717) is 122 Å². The second-order valence-electron chi connectivity index (χ2n) is 31.7. The van der Waals surface area contributed by atoms with Crippen molar-refractivity contribution >= 4 is 0 Å². The first kappa shape index (κ1) is 106. The van der Waals surface area contributed by atoms with Gasteiger partial charge in [-0.25, -0.2) is 93.2 Å². The summed E-state index contributed by atoms with van der Waals surface area (Å²) in [7, 11) is 7.82. The van der Waals surface area contributed by atoms with Gasteiger partial charge in [-0.05, 0) is 267 Å². The summed E-state index contributed by atoms with van der Waals surface area (Å²) in [5.74, 6) is -2.68. The average Bonchev–Trinajstić information content (AvgIpc) is 0.833. The van der Waals surface area contributed by atoms with Gasteiger partial charge < -0.3 is 52.1 Å². The van der Waals surface area contributed by atoms with Crippen LogP contribution in [0.3, 0.4) is 0 Å². The fourth-order valence-corrected chi connectivity index (χ4v) is 14.1. The van der Waals surface area contributed by atoms with Crippen LogP contribution in [0, 0.1) is 19.7 Å². The number of benzene rings is 6. The van der Waals surface area contributed by atoms with Gasteiger partial charge in [0, 0.05) is 203 Å². The number of alkyl halides is 10. The van der Waals surface area contributed by atoms with E-state index < -0.39 is 42.0 Å². The summed E-state index contributed by atoms with van der Waals surface area (Å²) < 4.78 is 206. The fourth-order valence-electron chi connectivity index (χ4n) is 14.1. The van der Waals surface area contributed by atoms with Gasteiger partial charge >= 0.3 is 0 Å². The minimum absolute atomic E-state index is 0.0116. The largest absolute Gasteiger partial charge is 0.496 e. The third-order valence-corrected chi connectivity index (χ3v) is 21.6. The molecule has 0 atom stereocenters. The van der Waals surface area contributed by atoms with Gasteiger partial charge in [0.25, 0.3) is 30.6 Å². The Morgan fingerprint density at radius 3 is 0.932 bits per heavy atom. The molecule has 0 spiro atoms.